The molecule has 1 aliphatic rings. The van der Waals surface area contributed by atoms with E-state index >= 15 is 0 Å². The van der Waals surface area contributed by atoms with Crippen LogP contribution in [-0.4, -0.2) is 40.8 Å². The topological polar surface area (TPSA) is 66.8 Å². The highest BCUT2D eigenvalue weighted by molar-refractivity contribution is 5.94. The maximum Gasteiger partial charge on any atom is 0.416 e. The first-order valence-electron chi connectivity index (χ1n) is 6.08. The third kappa shape index (κ3) is 2.77. The van der Waals surface area contributed by atoms with E-state index in [2.05, 4.69) is 0 Å². The average molecular weight is 243 g/mol. The second-order valence-electron chi connectivity index (χ2n) is 4.86. The van der Waals surface area contributed by atoms with E-state index in [1.807, 2.05) is 13.8 Å². The largest absolute Gasteiger partial charge is 0.447 e. The number of hydrogen-bond donors (Lipinski definition) is 1. The Kier molecular flexibility index (Phi) is 4.51. The Labute approximate surface area is 102 Å². The fourth-order valence-electron chi connectivity index (χ4n) is 1.92. The van der Waals surface area contributed by atoms with Gasteiger partial charge in [0.1, 0.15) is 6.61 Å². The zero-order chi connectivity index (χ0) is 13.2. The summed E-state index contributed by atoms with van der Waals surface area (Å²) >= 11 is 0. The number of aliphatic hydroxyl groups excluding tert-OH is 1. The molecule has 1 saturated heterocycles. The van der Waals surface area contributed by atoms with E-state index in [0.717, 1.165) is 4.90 Å². The second-order valence-corrected chi connectivity index (χ2v) is 4.86. The van der Waals surface area contributed by atoms with Gasteiger partial charge in [0, 0.05) is 0 Å². The van der Waals surface area contributed by atoms with Gasteiger partial charge in [-0.2, -0.15) is 0 Å². The molecule has 1 heterocycles. The fraction of sp³-hybridized carbons (Fsp3) is 0.833. The lowest BCUT2D eigenvalue weighted by molar-refractivity contribution is -0.137. The minimum Gasteiger partial charge on any atom is -0.447 e. The SMILES string of the molecule is CC[C@H](O)[C@H](C)C(=O)N1C(=O)OC[C@@H]1C(C)C. The number of cyclic esters (lactones) is 1. The lowest BCUT2D eigenvalue weighted by atomic mass is 9.98. The minimum atomic E-state index is -0.719. The van der Waals surface area contributed by atoms with E-state index in [-0.39, 0.29) is 24.5 Å². The molecule has 98 valence electrons. The van der Waals surface area contributed by atoms with Crippen LogP contribution in [0.15, 0.2) is 0 Å². The lowest BCUT2D eigenvalue weighted by Crippen LogP contribution is -2.46. The van der Waals surface area contributed by atoms with Crippen molar-refractivity contribution < 1.29 is 19.4 Å². The second kappa shape index (κ2) is 5.49. The maximum atomic E-state index is 12.1. The summed E-state index contributed by atoms with van der Waals surface area (Å²) in [6.45, 7) is 7.56. The lowest BCUT2D eigenvalue weighted by Gasteiger charge is -2.26. The van der Waals surface area contributed by atoms with Crippen molar-refractivity contribution in [2.24, 2.45) is 11.8 Å². The minimum absolute atomic E-state index is 0.149. The molecule has 1 N–H and O–H groups in total. The summed E-state index contributed by atoms with van der Waals surface area (Å²) < 4.78 is 4.91. The molecule has 1 fully saturated rings. The van der Waals surface area contributed by atoms with Gasteiger partial charge >= 0.3 is 6.09 Å². The molecular weight excluding hydrogens is 222 g/mol. The fourth-order valence-corrected chi connectivity index (χ4v) is 1.92. The maximum absolute atomic E-state index is 12.1. The van der Waals surface area contributed by atoms with Crippen LogP contribution in [0.5, 0.6) is 0 Å². The van der Waals surface area contributed by atoms with Gasteiger partial charge in [-0.25, -0.2) is 9.69 Å². The van der Waals surface area contributed by atoms with Crippen molar-refractivity contribution in [2.75, 3.05) is 6.61 Å². The quantitative estimate of drug-likeness (QED) is 0.810. The predicted octanol–water partition coefficient (Wildman–Crippen LogP) is 1.40. The van der Waals surface area contributed by atoms with Gasteiger partial charge in [0.2, 0.25) is 5.91 Å². The Morgan fingerprint density at radius 3 is 2.59 bits per heavy atom. The van der Waals surface area contributed by atoms with Crippen LogP contribution in [0, 0.1) is 11.8 Å². The van der Waals surface area contributed by atoms with Gasteiger partial charge in [0.05, 0.1) is 18.1 Å². The molecule has 0 aromatic carbocycles. The van der Waals surface area contributed by atoms with Gasteiger partial charge in [-0.05, 0) is 12.3 Å². The van der Waals surface area contributed by atoms with Crippen LogP contribution in [-0.2, 0) is 9.53 Å². The molecule has 2 amide bonds. The smallest absolute Gasteiger partial charge is 0.416 e. The molecule has 0 aromatic rings. The molecule has 1 aliphatic heterocycles. The van der Waals surface area contributed by atoms with Crippen LogP contribution < -0.4 is 0 Å². The zero-order valence-corrected chi connectivity index (χ0v) is 10.8. The molecule has 0 unspecified atom stereocenters. The van der Waals surface area contributed by atoms with E-state index in [1.54, 1.807) is 13.8 Å². The van der Waals surface area contributed by atoms with Crippen molar-refractivity contribution in [1.82, 2.24) is 4.90 Å². The van der Waals surface area contributed by atoms with Gasteiger partial charge in [-0.15, -0.1) is 0 Å². The van der Waals surface area contributed by atoms with Crippen molar-refractivity contribution >= 4 is 12.0 Å². The van der Waals surface area contributed by atoms with Crippen LogP contribution in [0.25, 0.3) is 0 Å². The number of aliphatic hydroxyl groups is 1. The molecular formula is C12H21NO4. The first-order valence-corrected chi connectivity index (χ1v) is 6.08. The first kappa shape index (κ1) is 14.0. The standard InChI is InChI=1S/C12H21NO4/c1-5-10(14)8(4)11(15)13-9(7(2)3)6-17-12(13)16/h7-10,14H,5-6H2,1-4H3/t8-,9+,10-/m0/s1. The number of carbonyl (C=O) groups excluding carboxylic acids is 2. The Morgan fingerprint density at radius 2 is 2.12 bits per heavy atom. The highest BCUT2D eigenvalue weighted by Gasteiger charge is 2.42. The number of hydrogen-bond acceptors (Lipinski definition) is 4. The summed E-state index contributed by atoms with van der Waals surface area (Å²) in [6, 6.07) is -0.221. The summed E-state index contributed by atoms with van der Waals surface area (Å²) in [5.74, 6) is -0.774. The Morgan fingerprint density at radius 1 is 1.53 bits per heavy atom. The van der Waals surface area contributed by atoms with Crippen molar-refractivity contribution in [3.8, 4) is 0 Å². The third-order valence-corrected chi connectivity index (χ3v) is 3.30. The van der Waals surface area contributed by atoms with Gasteiger partial charge in [-0.1, -0.05) is 27.7 Å². The molecule has 17 heavy (non-hydrogen) atoms. The summed E-state index contributed by atoms with van der Waals surface area (Å²) in [4.78, 5) is 24.8. The van der Waals surface area contributed by atoms with E-state index in [4.69, 9.17) is 4.74 Å². The van der Waals surface area contributed by atoms with E-state index in [9.17, 15) is 14.7 Å². The summed E-state index contributed by atoms with van der Waals surface area (Å²) in [5.41, 5.74) is 0. The molecule has 0 aromatic heterocycles. The van der Waals surface area contributed by atoms with Crippen LogP contribution in [0.1, 0.15) is 34.1 Å². The molecule has 5 nitrogen and oxygen atoms in total. The third-order valence-electron chi connectivity index (χ3n) is 3.30. The Hall–Kier alpha value is -1.10. The van der Waals surface area contributed by atoms with Crippen LogP contribution in [0.3, 0.4) is 0 Å². The highest BCUT2D eigenvalue weighted by atomic mass is 16.6. The number of carbonyl (C=O) groups is 2. The molecule has 1 rings (SSSR count). The summed E-state index contributed by atoms with van der Waals surface area (Å²) in [6.07, 6.45) is -0.824. The number of amides is 2. The van der Waals surface area contributed by atoms with Crippen molar-refractivity contribution in [3.05, 3.63) is 0 Å². The van der Waals surface area contributed by atoms with Gasteiger partial charge in [-0.3, -0.25) is 4.79 Å². The van der Waals surface area contributed by atoms with Crippen LogP contribution in [0.2, 0.25) is 0 Å². The number of imide groups is 1. The Bertz CT molecular complexity index is 303. The highest BCUT2D eigenvalue weighted by Crippen LogP contribution is 2.23. The average Bonchev–Trinajstić information content (AvgIpc) is 2.68. The van der Waals surface area contributed by atoms with Crippen LogP contribution >= 0.6 is 0 Å². The monoisotopic (exact) mass is 243 g/mol. The van der Waals surface area contributed by atoms with Gasteiger partial charge < -0.3 is 9.84 Å². The molecule has 5 heteroatoms. The molecule has 0 bridgehead atoms. The summed E-state index contributed by atoms with van der Waals surface area (Å²) in [7, 11) is 0. The number of rotatable bonds is 4. The molecule has 3 atom stereocenters. The number of nitrogens with zero attached hydrogens (tertiary/aromatic N) is 1. The molecule has 0 spiro atoms. The van der Waals surface area contributed by atoms with Crippen molar-refractivity contribution in [3.63, 3.8) is 0 Å². The summed E-state index contributed by atoms with van der Waals surface area (Å²) in [5, 5.41) is 9.67. The van der Waals surface area contributed by atoms with Crippen molar-refractivity contribution in [2.45, 2.75) is 46.3 Å². The van der Waals surface area contributed by atoms with Crippen LogP contribution in [0.4, 0.5) is 4.79 Å². The normalized spacial score (nSPS) is 23.8. The molecule has 0 saturated carbocycles. The van der Waals surface area contributed by atoms with E-state index in [1.165, 1.54) is 0 Å². The Balaban J connectivity index is 2.82. The molecule has 0 radical (unpaired) electrons. The van der Waals surface area contributed by atoms with Crippen molar-refractivity contribution in [1.29, 1.82) is 0 Å². The zero-order valence-electron chi connectivity index (χ0n) is 10.8. The molecule has 0 aliphatic carbocycles. The van der Waals surface area contributed by atoms with Gasteiger partial charge in [0.15, 0.2) is 0 Å². The predicted molar refractivity (Wildman–Crippen MR) is 62.3 cm³/mol. The first-order chi connectivity index (χ1) is 7.90. The van der Waals surface area contributed by atoms with E-state index in [0.29, 0.717) is 6.42 Å². The van der Waals surface area contributed by atoms with E-state index < -0.39 is 18.1 Å². The van der Waals surface area contributed by atoms with Gasteiger partial charge in [0.25, 0.3) is 0 Å². The number of ether oxygens (including phenoxy) is 1.